The van der Waals surface area contributed by atoms with Gasteiger partial charge in [0.25, 0.3) is 0 Å². The zero-order valence-corrected chi connectivity index (χ0v) is 14.7. The highest BCUT2D eigenvalue weighted by atomic mass is 79.9. The van der Waals surface area contributed by atoms with Crippen LogP contribution in [0.25, 0.3) is 0 Å². The molecule has 0 saturated carbocycles. The van der Waals surface area contributed by atoms with Crippen molar-refractivity contribution in [2.45, 2.75) is 33.7 Å². The number of halogens is 1. The Labute approximate surface area is 134 Å². The van der Waals surface area contributed by atoms with Crippen molar-refractivity contribution in [2.24, 2.45) is 0 Å². The lowest BCUT2D eigenvalue weighted by atomic mass is 10.00. The minimum absolute atomic E-state index is 0.178. The summed E-state index contributed by atoms with van der Waals surface area (Å²) in [6, 6.07) is 8.29. The van der Waals surface area contributed by atoms with Crippen molar-refractivity contribution in [1.29, 1.82) is 0 Å². The van der Waals surface area contributed by atoms with Crippen molar-refractivity contribution in [3.63, 3.8) is 0 Å². The van der Waals surface area contributed by atoms with E-state index >= 15 is 0 Å². The second-order valence-electron chi connectivity index (χ2n) is 5.33. The van der Waals surface area contributed by atoms with E-state index in [1.165, 1.54) is 11.1 Å². The van der Waals surface area contributed by atoms with Crippen LogP contribution in [0, 0.1) is 20.8 Å². The summed E-state index contributed by atoms with van der Waals surface area (Å²) in [4.78, 5) is 4.57. The molecule has 0 spiro atoms. The number of pyridine rings is 1. The number of rotatable bonds is 4. The molecule has 0 fully saturated rings. The molecule has 112 valence electrons. The molecule has 1 heterocycles. The maximum atomic E-state index is 5.30. The molecule has 0 saturated heterocycles. The van der Waals surface area contributed by atoms with Gasteiger partial charge < -0.3 is 10.1 Å². The van der Waals surface area contributed by atoms with Crippen LogP contribution < -0.4 is 10.1 Å². The van der Waals surface area contributed by atoms with Crippen molar-refractivity contribution in [2.75, 3.05) is 12.4 Å². The van der Waals surface area contributed by atoms with Gasteiger partial charge >= 0.3 is 0 Å². The first kappa shape index (κ1) is 15.8. The summed E-state index contributed by atoms with van der Waals surface area (Å²) in [6.45, 7) is 8.38. The summed E-state index contributed by atoms with van der Waals surface area (Å²) in [5.74, 6) is 0.828. The van der Waals surface area contributed by atoms with Gasteiger partial charge in [-0.3, -0.25) is 4.98 Å². The molecule has 2 rings (SSSR count). The largest absolute Gasteiger partial charge is 0.497 e. The third-order valence-electron chi connectivity index (χ3n) is 3.51. The van der Waals surface area contributed by atoms with Crippen LogP contribution in [0.2, 0.25) is 0 Å². The minimum Gasteiger partial charge on any atom is -0.497 e. The SMILES string of the molecule is COc1cc(Br)cc(NC(C)c2c(C)cc(C)nc2C)c1. The summed E-state index contributed by atoms with van der Waals surface area (Å²) in [5.41, 5.74) is 5.68. The van der Waals surface area contributed by atoms with Crippen LogP contribution in [0.4, 0.5) is 5.69 Å². The first-order valence-corrected chi connectivity index (χ1v) is 7.76. The maximum Gasteiger partial charge on any atom is 0.122 e. The molecule has 0 aliphatic heterocycles. The normalized spacial score (nSPS) is 12.1. The van der Waals surface area contributed by atoms with Crippen LogP contribution in [0.3, 0.4) is 0 Å². The first-order valence-electron chi connectivity index (χ1n) is 6.96. The van der Waals surface area contributed by atoms with Gasteiger partial charge in [0.05, 0.1) is 13.2 Å². The monoisotopic (exact) mass is 348 g/mol. The third-order valence-corrected chi connectivity index (χ3v) is 3.97. The molecule has 2 aromatic rings. The van der Waals surface area contributed by atoms with Crippen molar-refractivity contribution in [3.05, 3.63) is 51.3 Å². The molecule has 0 aliphatic carbocycles. The zero-order chi connectivity index (χ0) is 15.6. The number of nitrogens with zero attached hydrogens (tertiary/aromatic N) is 1. The number of anilines is 1. The lowest BCUT2D eigenvalue weighted by molar-refractivity contribution is 0.414. The predicted molar refractivity (Wildman–Crippen MR) is 91.2 cm³/mol. The van der Waals surface area contributed by atoms with Gasteiger partial charge in [0.2, 0.25) is 0 Å². The third kappa shape index (κ3) is 3.76. The molecule has 0 radical (unpaired) electrons. The number of methoxy groups -OCH3 is 1. The lowest BCUT2D eigenvalue weighted by Crippen LogP contribution is -2.11. The van der Waals surface area contributed by atoms with Crippen LogP contribution in [-0.4, -0.2) is 12.1 Å². The number of benzene rings is 1. The average molecular weight is 349 g/mol. The van der Waals surface area contributed by atoms with Gasteiger partial charge in [-0.1, -0.05) is 15.9 Å². The Morgan fingerprint density at radius 2 is 1.86 bits per heavy atom. The number of aromatic nitrogens is 1. The Morgan fingerprint density at radius 1 is 1.14 bits per heavy atom. The van der Waals surface area contributed by atoms with E-state index in [1.54, 1.807) is 7.11 Å². The van der Waals surface area contributed by atoms with E-state index < -0.39 is 0 Å². The van der Waals surface area contributed by atoms with Crippen molar-refractivity contribution in [1.82, 2.24) is 4.98 Å². The quantitative estimate of drug-likeness (QED) is 0.848. The second-order valence-corrected chi connectivity index (χ2v) is 6.24. The van der Waals surface area contributed by atoms with E-state index in [1.807, 2.05) is 25.1 Å². The Kier molecular flexibility index (Phi) is 4.88. The molecule has 1 aromatic carbocycles. The molecule has 0 aliphatic rings. The molecule has 21 heavy (non-hydrogen) atoms. The van der Waals surface area contributed by atoms with Gasteiger partial charge in [0.15, 0.2) is 0 Å². The minimum atomic E-state index is 0.178. The van der Waals surface area contributed by atoms with Crippen LogP contribution in [0.5, 0.6) is 5.75 Å². The van der Waals surface area contributed by atoms with Gasteiger partial charge in [-0.05, 0) is 57.0 Å². The van der Waals surface area contributed by atoms with E-state index in [9.17, 15) is 0 Å². The smallest absolute Gasteiger partial charge is 0.122 e. The summed E-state index contributed by atoms with van der Waals surface area (Å²) in [6.07, 6.45) is 0. The molecule has 1 aromatic heterocycles. The topological polar surface area (TPSA) is 34.1 Å². The molecule has 0 amide bonds. The van der Waals surface area contributed by atoms with E-state index in [0.717, 1.165) is 27.3 Å². The maximum absolute atomic E-state index is 5.30. The number of ether oxygens (including phenoxy) is 1. The fourth-order valence-electron chi connectivity index (χ4n) is 2.77. The summed E-state index contributed by atoms with van der Waals surface area (Å²) in [7, 11) is 1.67. The Balaban J connectivity index is 2.30. The van der Waals surface area contributed by atoms with Crippen LogP contribution >= 0.6 is 15.9 Å². The predicted octanol–water partition coefficient (Wildman–Crippen LogP) is 4.95. The molecular formula is C17H21BrN2O. The Bertz CT molecular complexity index is 632. The standard InChI is InChI=1S/C17H21BrN2O/c1-10-6-11(2)19-12(3)17(10)13(4)20-15-7-14(18)8-16(9-15)21-5/h6-9,13,20H,1-5H3. The summed E-state index contributed by atoms with van der Waals surface area (Å²) in [5, 5.41) is 3.52. The number of aryl methyl sites for hydroxylation is 3. The fraction of sp³-hybridized carbons (Fsp3) is 0.353. The molecule has 1 atom stereocenters. The van der Waals surface area contributed by atoms with E-state index in [4.69, 9.17) is 4.74 Å². The Morgan fingerprint density at radius 3 is 2.48 bits per heavy atom. The number of hydrogen-bond acceptors (Lipinski definition) is 3. The van der Waals surface area contributed by atoms with Crippen molar-refractivity contribution in [3.8, 4) is 5.75 Å². The molecule has 1 unspecified atom stereocenters. The van der Waals surface area contributed by atoms with E-state index in [0.29, 0.717) is 0 Å². The Hall–Kier alpha value is -1.55. The van der Waals surface area contributed by atoms with E-state index in [2.05, 4.69) is 53.1 Å². The van der Waals surface area contributed by atoms with Gasteiger partial charge in [-0.25, -0.2) is 0 Å². The van der Waals surface area contributed by atoms with Crippen LogP contribution in [0.1, 0.15) is 35.5 Å². The fourth-order valence-corrected chi connectivity index (χ4v) is 3.25. The molecule has 3 nitrogen and oxygen atoms in total. The summed E-state index contributed by atoms with van der Waals surface area (Å²) < 4.78 is 6.30. The van der Waals surface area contributed by atoms with Crippen molar-refractivity contribution < 1.29 is 4.74 Å². The van der Waals surface area contributed by atoms with E-state index in [-0.39, 0.29) is 6.04 Å². The molecule has 1 N–H and O–H groups in total. The molecular weight excluding hydrogens is 328 g/mol. The lowest BCUT2D eigenvalue weighted by Gasteiger charge is -2.20. The molecule has 4 heteroatoms. The van der Waals surface area contributed by atoms with Crippen LogP contribution in [-0.2, 0) is 0 Å². The second kappa shape index (κ2) is 6.48. The van der Waals surface area contributed by atoms with Crippen molar-refractivity contribution >= 4 is 21.6 Å². The molecule has 0 bridgehead atoms. The number of nitrogens with one attached hydrogen (secondary N) is 1. The highest BCUT2D eigenvalue weighted by Gasteiger charge is 2.13. The number of hydrogen-bond donors (Lipinski definition) is 1. The van der Waals surface area contributed by atoms with Gasteiger partial charge in [-0.15, -0.1) is 0 Å². The van der Waals surface area contributed by atoms with Gasteiger partial charge in [0.1, 0.15) is 5.75 Å². The van der Waals surface area contributed by atoms with Gasteiger partial charge in [0, 0.05) is 27.6 Å². The van der Waals surface area contributed by atoms with Crippen LogP contribution in [0.15, 0.2) is 28.7 Å². The summed E-state index contributed by atoms with van der Waals surface area (Å²) >= 11 is 3.51. The zero-order valence-electron chi connectivity index (χ0n) is 13.1. The average Bonchev–Trinajstić information content (AvgIpc) is 2.36. The van der Waals surface area contributed by atoms with Gasteiger partial charge in [-0.2, -0.15) is 0 Å². The highest BCUT2D eigenvalue weighted by molar-refractivity contribution is 9.10. The highest BCUT2D eigenvalue weighted by Crippen LogP contribution is 2.29. The first-order chi connectivity index (χ1) is 9.90.